The highest BCUT2D eigenvalue weighted by molar-refractivity contribution is 5.83. The quantitative estimate of drug-likeness (QED) is 0.938. The Morgan fingerprint density at radius 2 is 2.04 bits per heavy atom. The summed E-state index contributed by atoms with van der Waals surface area (Å²) in [7, 11) is 0. The van der Waals surface area contributed by atoms with Crippen LogP contribution in [-0.4, -0.2) is 33.7 Å². The highest BCUT2D eigenvalue weighted by Crippen LogP contribution is 2.62. The molecular weight excluding hydrogens is 300 g/mol. The molecule has 1 saturated carbocycles. The number of amides is 1. The lowest BCUT2D eigenvalue weighted by atomic mass is 9.48. The van der Waals surface area contributed by atoms with E-state index in [1.807, 2.05) is 29.1 Å². The lowest BCUT2D eigenvalue weighted by Gasteiger charge is -2.54. The first kappa shape index (κ1) is 15.4. The monoisotopic (exact) mass is 324 g/mol. The Labute approximate surface area is 142 Å². The van der Waals surface area contributed by atoms with Crippen LogP contribution in [0.15, 0.2) is 42.6 Å². The van der Waals surface area contributed by atoms with Gasteiger partial charge in [0.05, 0.1) is 16.8 Å². The molecule has 126 valence electrons. The largest absolute Gasteiger partial charge is 0.369 e. The van der Waals surface area contributed by atoms with E-state index in [4.69, 9.17) is 5.73 Å². The second kappa shape index (κ2) is 5.18. The summed E-state index contributed by atoms with van der Waals surface area (Å²) in [6.07, 6.45) is 2.73. The lowest BCUT2D eigenvalue weighted by molar-refractivity contribution is -0.148. The Hall–Kier alpha value is -2.14. The fourth-order valence-electron chi connectivity index (χ4n) is 4.92. The van der Waals surface area contributed by atoms with Crippen molar-refractivity contribution in [2.45, 2.75) is 26.8 Å². The average Bonchev–Trinajstić information content (AvgIpc) is 3.12. The van der Waals surface area contributed by atoms with E-state index < -0.39 is 0 Å². The molecule has 1 aliphatic carbocycles. The SMILES string of the molecule is CC1(C)C[C@]2(C(N)=O)CN(Cc3ccnn3-c3ccccc3)C[C@H]12. The number of carbonyl (C=O) groups excluding carboxylic acids is 1. The van der Waals surface area contributed by atoms with Crippen LogP contribution in [0.4, 0.5) is 0 Å². The molecule has 4 rings (SSSR count). The molecular formula is C19H24N4O. The highest BCUT2D eigenvalue weighted by Gasteiger charge is 2.65. The molecule has 1 amide bonds. The number of carbonyl (C=O) groups is 1. The van der Waals surface area contributed by atoms with Crippen molar-refractivity contribution in [1.29, 1.82) is 0 Å². The van der Waals surface area contributed by atoms with Gasteiger partial charge >= 0.3 is 0 Å². The molecule has 5 heteroatoms. The molecule has 2 heterocycles. The van der Waals surface area contributed by atoms with E-state index in [0.29, 0.717) is 5.92 Å². The first-order valence-corrected chi connectivity index (χ1v) is 8.53. The highest BCUT2D eigenvalue weighted by atomic mass is 16.1. The molecule has 24 heavy (non-hydrogen) atoms. The zero-order chi connectivity index (χ0) is 16.9. The summed E-state index contributed by atoms with van der Waals surface area (Å²) < 4.78 is 1.97. The van der Waals surface area contributed by atoms with Crippen LogP contribution < -0.4 is 5.73 Å². The van der Waals surface area contributed by atoms with Crippen molar-refractivity contribution in [3.63, 3.8) is 0 Å². The maximum atomic E-state index is 12.1. The Morgan fingerprint density at radius 1 is 1.29 bits per heavy atom. The number of nitrogens with zero attached hydrogens (tertiary/aromatic N) is 3. The van der Waals surface area contributed by atoms with E-state index >= 15 is 0 Å². The number of hydrogen-bond acceptors (Lipinski definition) is 3. The molecule has 2 fully saturated rings. The number of para-hydroxylation sites is 1. The third-order valence-electron chi connectivity index (χ3n) is 5.93. The summed E-state index contributed by atoms with van der Waals surface area (Å²) in [6.45, 7) is 6.97. The van der Waals surface area contributed by atoms with Crippen molar-refractivity contribution in [2.75, 3.05) is 13.1 Å². The first-order chi connectivity index (χ1) is 11.4. The fraction of sp³-hybridized carbons (Fsp3) is 0.474. The second-order valence-corrected chi connectivity index (χ2v) is 7.98. The van der Waals surface area contributed by atoms with Crippen LogP contribution >= 0.6 is 0 Å². The first-order valence-electron chi connectivity index (χ1n) is 8.53. The summed E-state index contributed by atoms with van der Waals surface area (Å²) in [5.41, 5.74) is 7.83. The van der Waals surface area contributed by atoms with Crippen LogP contribution in [0.1, 0.15) is 26.0 Å². The number of benzene rings is 1. The van der Waals surface area contributed by atoms with Crippen molar-refractivity contribution in [3.8, 4) is 5.69 Å². The van der Waals surface area contributed by atoms with Gasteiger partial charge in [0, 0.05) is 25.8 Å². The van der Waals surface area contributed by atoms with Crippen LogP contribution in [-0.2, 0) is 11.3 Å². The minimum absolute atomic E-state index is 0.133. The van der Waals surface area contributed by atoms with Gasteiger partial charge in [-0.2, -0.15) is 5.10 Å². The third-order valence-corrected chi connectivity index (χ3v) is 5.93. The van der Waals surface area contributed by atoms with E-state index in [0.717, 1.165) is 37.4 Å². The summed E-state index contributed by atoms with van der Waals surface area (Å²) in [6, 6.07) is 12.2. The molecule has 0 unspecified atom stereocenters. The van der Waals surface area contributed by atoms with Crippen LogP contribution in [0.3, 0.4) is 0 Å². The van der Waals surface area contributed by atoms with E-state index in [1.165, 1.54) is 0 Å². The normalized spacial score (nSPS) is 28.3. The molecule has 2 aromatic rings. The lowest BCUT2D eigenvalue weighted by Crippen LogP contribution is -2.59. The molecule has 1 aromatic heterocycles. The Balaban J connectivity index is 1.56. The molecule has 1 saturated heterocycles. The van der Waals surface area contributed by atoms with E-state index in [-0.39, 0.29) is 16.7 Å². The fourth-order valence-corrected chi connectivity index (χ4v) is 4.92. The Morgan fingerprint density at radius 3 is 2.67 bits per heavy atom. The van der Waals surface area contributed by atoms with Gasteiger partial charge in [0.2, 0.25) is 5.91 Å². The van der Waals surface area contributed by atoms with Gasteiger partial charge in [0.25, 0.3) is 0 Å². The van der Waals surface area contributed by atoms with Crippen molar-refractivity contribution in [3.05, 3.63) is 48.3 Å². The predicted octanol–water partition coefficient (Wildman–Crippen LogP) is 2.21. The van der Waals surface area contributed by atoms with Gasteiger partial charge < -0.3 is 5.73 Å². The van der Waals surface area contributed by atoms with Crippen molar-refractivity contribution >= 4 is 5.91 Å². The van der Waals surface area contributed by atoms with Gasteiger partial charge in [0.1, 0.15) is 0 Å². The number of hydrogen-bond donors (Lipinski definition) is 1. The standard InChI is InChI=1S/C19H24N4O/c1-18(2)12-19(17(20)24)13-22(11-16(18)19)10-15-8-9-21-23(15)14-6-4-3-5-7-14/h3-9,16H,10-13H2,1-2H3,(H2,20,24)/t16-,19+/m1/s1. The maximum Gasteiger partial charge on any atom is 0.225 e. The number of nitrogens with two attached hydrogens (primary N) is 1. The average molecular weight is 324 g/mol. The second-order valence-electron chi connectivity index (χ2n) is 7.98. The van der Waals surface area contributed by atoms with Gasteiger partial charge in [-0.05, 0) is 36.0 Å². The third kappa shape index (κ3) is 2.18. The minimum Gasteiger partial charge on any atom is -0.369 e. The number of fused-ring (bicyclic) bond motifs is 1. The number of rotatable bonds is 4. The summed E-state index contributed by atoms with van der Waals surface area (Å²) in [5, 5.41) is 4.46. The van der Waals surface area contributed by atoms with Gasteiger partial charge in [-0.25, -0.2) is 4.68 Å². The van der Waals surface area contributed by atoms with E-state index in [2.05, 4.69) is 42.0 Å². The van der Waals surface area contributed by atoms with Crippen molar-refractivity contribution in [1.82, 2.24) is 14.7 Å². The van der Waals surface area contributed by atoms with Crippen LogP contribution in [0.5, 0.6) is 0 Å². The number of likely N-dealkylation sites (tertiary alicyclic amines) is 1. The molecule has 5 nitrogen and oxygen atoms in total. The van der Waals surface area contributed by atoms with Gasteiger partial charge in [0.15, 0.2) is 0 Å². The topological polar surface area (TPSA) is 64.2 Å². The smallest absolute Gasteiger partial charge is 0.225 e. The zero-order valence-electron chi connectivity index (χ0n) is 14.3. The molecule has 0 bridgehead atoms. The van der Waals surface area contributed by atoms with Crippen LogP contribution in [0.2, 0.25) is 0 Å². The summed E-state index contributed by atoms with van der Waals surface area (Å²) >= 11 is 0. The zero-order valence-corrected chi connectivity index (χ0v) is 14.3. The van der Waals surface area contributed by atoms with Gasteiger partial charge in [-0.1, -0.05) is 32.0 Å². The molecule has 1 aromatic carbocycles. The molecule has 2 aliphatic rings. The van der Waals surface area contributed by atoms with Crippen molar-refractivity contribution < 1.29 is 4.79 Å². The molecule has 0 spiro atoms. The molecule has 1 aliphatic heterocycles. The van der Waals surface area contributed by atoms with E-state index in [9.17, 15) is 4.79 Å². The Bertz CT molecular complexity index is 767. The van der Waals surface area contributed by atoms with Gasteiger partial charge in [-0.15, -0.1) is 0 Å². The summed E-state index contributed by atoms with van der Waals surface area (Å²) in [5.74, 6) is 0.224. The molecule has 0 radical (unpaired) electrons. The summed E-state index contributed by atoms with van der Waals surface area (Å²) in [4.78, 5) is 14.4. The number of aromatic nitrogens is 2. The maximum absolute atomic E-state index is 12.1. The van der Waals surface area contributed by atoms with Crippen LogP contribution in [0.25, 0.3) is 5.69 Å². The van der Waals surface area contributed by atoms with Crippen molar-refractivity contribution in [2.24, 2.45) is 22.5 Å². The minimum atomic E-state index is -0.332. The molecule has 2 atom stereocenters. The van der Waals surface area contributed by atoms with Crippen LogP contribution in [0, 0.1) is 16.7 Å². The Kier molecular flexibility index (Phi) is 3.32. The number of primary amides is 1. The van der Waals surface area contributed by atoms with Gasteiger partial charge in [-0.3, -0.25) is 9.69 Å². The van der Waals surface area contributed by atoms with E-state index in [1.54, 1.807) is 0 Å². The molecule has 2 N–H and O–H groups in total. The predicted molar refractivity (Wildman–Crippen MR) is 92.4 cm³/mol.